The highest BCUT2D eigenvalue weighted by Crippen LogP contribution is 2.15. The Morgan fingerprint density at radius 3 is 2.93 bits per heavy atom. The molecule has 0 aliphatic heterocycles. The van der Waals surface area contributed by atoms with E-state index in [2.05, 4.69) is 10.1 Å². The van der Waals surface area contributed by atoms with Gasteiger partial charge < -0.3 is 5.73 Å². The smallest absolute Gasteiger partial charge is 0.153 e. The van der Waals surface area contributed by atoms with Crippen molar-refractivity contribution in [3.63, 3.8) is 0 Å². The summed E-state index contributed by atoms with van der Waals surface area (Å²) in [5, 5.41) is 4.65. The van der Waals surface area contributed by atoms with E-state index >= 15 is 0 Å². The highest BCUT2D eigenvalue weighted by atomic mass is 35.5. The molecule has 0 bridgehead atoms. The number of halogens is 1. The van der Waals surface area contributed by atoms with Crippen molar-refractivity contribution < 1.29 is 0 Å². The molecule has 0 saturated heterocycles. The molecule has 14 heavy (non-hydrogen) atoms. The van der Waals surface area contributed by atoms with Crippen LogP contribution in [0.1, 0.15) is 5.69 Å². The first-order valence-electron chi connectivity index (χ1n) is 4.17. The molecule has 2 aromatic heterocycles. The zero-order valence-electron chi connectivity index (χ0n) is 7.39. The SMILES string of the molecule is NCc1nc(-n2cccn2)ccc1Cl. The van der Waals surface area contributed by atoms with Gasteiger partial charge in [0.25, 0.3) is 0 Å². The first-order chi connectivity index (χ1) is 6.81. The Hall–Kier alpha value is -1.39. The molecule has 5 heteroatoms. The number of rotatable bonds is 2. The van der Waals surface area contributed by atoms with Crippen LogP contribution < -0.4 is 5.73 Å². The molecule has 4 nitrogen and oxygen atoms in total. The molecule has 0 saturated carbocycles. The predicted octanol–water partition coefficient (Wildman–Crippen LogP) is 1.38. The first-order valence-corrected chi connectivity index (χ1v) is 4.54. The van der Waals surface area contributed by atoms with E-state index in [1.165, 1.54) is 0 Å². The minimum Gasteiger partial charge on any atom is -0.325 e. The van der Waals surface area contributed by atoms with E-state index < -0.39 is 0 Å². The highest BCUT2D eigenvalue weighted by molar-refractivity contribution is 6.31. The van der Waals surface area contributed by atoms with Gasteiger partial charge in [-0.25, -0.2) is 9.67 Å². The summed E-state index contributed by atoms with van der Waals surface area (Å²) in [6.45, 7) is 0.327. The number of hydrogen-bond acceptors (Lipinski definition) is 3. The maximum atomic E-state index is 5.89. The number of hydrogen-bond donors (Lipinski definition) is 1. The van der Waals surface area contributed by atoms with Crippen LogP contribution in [0, 0.1) is 0 Å². The van der Waals surface area contributed by atoms with E-state index in [0.29, 0.717) is 17.3 Å². The third kappa shape index (κ3) is 1.62. The van der Waals surface area contributed by atoms with Crippen molar-refractivity contribution in [1.29, 1.82) is 0 Å². The van der Waals surface area contributed by atoms with Crippen molar-refractivity contribution in [3.8, 4) is 5.82 Å². The van der Waals surface area contributed by atoms with Crippen molar-refractivity contribution in [3.05, 3.63) is 41.3 Å². The number of nitrogens with zero attached hydrogens (tertiary/aromatic N) is 3. The molecule has 0 aromatic carbocycles. The van der Waals surface area contributed by atoms with Crippen LogP contribution in [0.4, 0.5) is 0 Å². The van der Waals surface area contributed by atoms with Crippen LogP contribution in [-0.2, 0) is 6.54 Å². The molecule has 0 fully saturated rings. The second-order valence-corrected chi connectivity index (χ2v) is 3.16. The molecule has 2 heterocycles. The zero-order valence-corrected chi connectivity index (χ0v) is 8.15. The van der Waals surface area contributed by atoms with Crippen molar-refractivity contribution in [1.82, 2.24) is 14.8 Å². The van der Waals surface area contributed by atoms with Gasteiger partial charge >= 0.3 is 0 Å². The van der Waals surface area contributed by atoms with E-state index in [4.69, 9.17) is 17.3 Å². The average molecular weight is 209 g/mol. The summed E-state index contributed by atoms with van der Waals surface area (Å²) in [6.07, 6.45) is 3.51. The van der Waals surface area contributed by atoms with E-state index in [-0.39, 0.29) is 0 Å². The Morgan fingerprint density at radius 1 is 1.43 bits per heavy atom. The molecular weight excluding hydrogens is 200 g/mol. The maximum absolute atomic E-state index is 5.89. The lowest BCUT2D eigenvalue weighted by Crippen LogP contribution is -2.05. The molecule has 0 aliphatic carbocycles. The fourth-order valence-corrected chi connectivity index (χ4v) is 1.33. The van der Waals surface area contributed by atoms with Gasteiger partial charge in [-0.1, -0.05) is 11.6 Å². The summed E-state index contributed by atoms with van der Waals surface area (Å²) in [5.41, 5.74) is 6.18. The Balaban J connectivity index is 2.46. The van der Waals surface area contributed by atoms with Crippen LogP contribution in [0.25, 0.3) is 5.82 Å². The lowest BCUT2D eigenvalue weighted by atomic mass is 10.3. The topological polar surface area (TPSA) is 56.7 Å². The lowest BCUT2D eigenvalue weighted by Gasteiger charge is -2.04. The molecular formula is C9H9ClN4. The van der Waals surface area contributed by atoms with E-state index in [1.807, 2.05) is 12.3 Å². The Morgan fingerprint density at radius 2 is 2.29 bits per heavy atom. The van der Waals surface area contributed by atoms with E-state index in [0.717, 1.165) is 5.82 Å². The Labute approximate surface area is 86.3 Å². The minimum atomic E-state index is 0.327. The molecule has 0 aliphatic rings. The van der Waals surface area contributed by atoms with E-state index in [9.17, 15) is 0 Å². The normalized spacial score (nSPS) is 10.4. The number of pyridine rings is 1. The van der Waals surface area contributed by atoms with Gasteiger partial charge in [-0.05, 0) is 18.2 Å². The summed E-state index contributed by atoms with van der Waals surface area (Å²) < 4.78 is 1.66. The van der Waals surface area contributed by atoms with Crippen LogP contribution >= 0.6 is 11.6 Å². The third-order valence-corrected chi connectivity index (χ3v) is 2.18. The molecule has 0 amide bonds. The Kier molecular flexibility index (Phi) is 2.47. The number of nitrogens with two attached hydrogens (primary N) is 1. The van der Waals surface area contributed by atoms with Gasteiger partial charge in [0.2, 0.25) is 0 Å². The molecule has 72 valence electrons. The van der Waals surface area contributed by atoms with Gasteiger partial charge in [0.15, 0.2) is 5.82 Å². The molecule has 2 aromatic rings. The molecule has 0 unspecified atom stereocenters. The summed E-state index contributed by atoms with van der Waals surface area (Å²) in [6, 6.07) is 5.40. The fraction of sp³-hybridized carbons (Fsp3) is 0.111. The molecule has 0 spiro atoms. The van der Waals surface area contributed by atoms with Crippen LogP contribution in [-0.4, -0.2) is 14.8 Å². The summed E-state index contributed by atoms with van der Waals surface area (Å²) in [4.78, 5) is 4.28. The number of aromatic nitrogens is 3. The zero-order chi connectivity index (χ0) is 9.97. The molecule has 2 N–H and O–H groups in total. The molecule has 0 atom stereocenters. The largest absolute Gasteiger partial charge is 0.325 e. The summed E-state index contributed by atoms with van der Waals surface area (Å²) >= 11 is 5.89. The van der Waals surface area contributed by atoms with Crippen molar-refractivity contribution in [2.24, 2.45) is 5.73 Å². The second kappa shape index (κ2) is 3.77. The van der Waals surface area contributed by atoms with Gasteiger partial charge in [0.1, 0.15) is 0 Å². The van der Waals surface area contributed by atoms with Gasteiger partial charge in [-0.15, -0.1) is 0 Å². The standard InChI is InChI=1S/C9H9ClN4/c10-7-2-3-9(13-8(7)6-11)14-5-1-4-12-14/h1-5H,6,11H2. The van der Waals surface area contributed by atoms with Gasteiger partial charge in [0, 0.05) is 18.9 Å². The van der Waals surface area contributed by atoms with Crippen LogP contribution in [0.15, 0.2) is 30.6 Å². The third-order valence-electron chi connectivity index (χ3n) is 1.84. The molecule has 0 radical (unpaired) electrons. The minimum absolute atomic E-state index is 0.327. The fourth-order valence-electron chi connectivity index (χ4n) is 1.15. The van der Waals surface area contributed by atoms with E-state index in [1.54, 1.807) is 23.0 Å². The first kappa shape index (κ1) is 9.18. The summed E-state index contributed by atoms with van der Waals surface area (Å²) in [7, 11) is 0. The molecule has 2 rings (SSSR count). The highest BCUT2D eigenvalue weighted by Gasteiger charge is 2.03. The van der Waals surface area contributed by atoms with Crippen molar-refractivity contribution >= 4 is 11.6 Å². The maximum Gasteiger partial charge on any atom is 0.153 e. The van der Waals surface area contributed by atoms with Gasteiger partial charge in [-0.2, -0.15) is 5.10 Å². The van der Waals surface area contributed by atoms with Crippen LogP contribution in [0.2, 0.25) is 5.02 Å². The predicted molar refractivity (Wildman–Crippen MR) is 54.3 cm³/mol. The van der Waals surface area contributed by atoms with Crippen LogP contribution in [0.5, 0.6) is 0 Å². The second-order valence-electron chi connectivity index (χ2n) is 2.75. The van der Waals surface area contributed by atoms with Crippen LogP contribution in [0.3, 0.4) is 0 Å². The monoisotopic (exact) mass is 208 g/mol. The average Bonchev–Trinajstić information content (AvgIpc) is 2.71. The van der Waals surface area contributed by atoms with Crippen molar-refractivity contribution in [2.45, 2.75) is 6.54 Å². The van der Waals surface area contributed by atoms with Gasteiger partial charge in [-0.3, -0.25) is 0 Å². The van der Waals surface area contributed by atoms with Crippen molar-refractivity contribution in [2.75, 3.05) is 0 Å². The Bertz CT molecular complexity index is 424. The quantitative estimate of drug-likeness (QED) is 0.811. The van der Waals surface area contributed by atoms with Gasteiger partial charge in [0.05, 0.1) is 10.7 Å². The lowest BCUT2D eigenvalue weighted by molar-refractivity contribution is 0.829. The summed E-state index contributed by atoms with van der Waals surface area (Å²) in [5.74, 6) is 0.722.